The Morgan fingerprint density at radius 2 is 1.96 bits per heavy atom. The molecular formula is C18H27N3O6S. The second-order valence-electron chi connectivity index (χ2n) is 6.24. The number of alkyl carbamates (subject to hydrolysis) is 1. The highest BCUT2D eigenvalue weighted by Gasteiger charge is 2.26. The fourth-order valence-corrected chi connectivity index (χ4v) is 4.28. The molecule has 0 unspecified atom stereocenters. The van der Waals surface area contributed by atoms with Gasteiger partial charge in [-0.15, -0.1) is 0 Å². The summed E-state index contributed by atoms with van der Waals surface area (Å²) in [5.41, 5.74) is 0.764. The average Bonchev–Trinajstić information content (AvgIpc) is 2.68. The first-order valence-electron chi connectivity index (χ1n) is 9.22. The van der Waals surface area contributed by atoms with Crippen LogP contribution in [-0.4, -0.2) is 75.6 Å². The SMILES string of the molecule is CCOC(=O)NC(=O)CN(CC)Cc1cccc(S(=O)(=O)N2CCOCC2)c1. The summed E-state index contributed by atoms with van der Waals surface area (Å²) < 4.78 is 36.9. The van der Waals surface area contributed by atoms with Crippen LogP contribution in [0.3, 0.4) is 0 Å². The Hall–Kier alpha value is -2.01. The van der Waals surface area contributed by atoms with Gasteiger partial charge in [0.1, 0.15) is 0 Å². The molecule has 1 heterocycles. The molecule has 0 spiro atoms. The molecule has 0 bridgehead atoms. The molecule has 2 amide bonds. The molecule has 0 atom stereocenters. The summed E-state index contributed by atoms with van der Waals surface area (Å²) >= 11 is 0. The molecule has 1 aromatic carbocycles. The van der Waals surface area contributed by atoms with Crippen LogP contribution in [0.5, 0.6) is 0 Å². The van der Waals surface area contributed by atoms with Gasteiger partial charge < -0.3 is 9.47 Å². The molecular weight excluding hydrogens is 386 g/mol. The molecule has 10 heteroatoms. The Bertz CT molecular complexity index is 777. The fraction of sp³-hybridized carbons (Fsp3) is 0.556. The minimum Gasteiger partial charge on any atom is -0.450 e. The van der Waals surface area contributed by atoms with Crippen molar-refractivity contribution in [3.8, 4) is 0 Å². The van der Waals surface area contributed by atoms with Crippen molar-refractivity contribution >= 4 is 22.0 Å². The number of carbonyl (C=O) groups excluding carboxylic acids is 2. The fourth-order valence-electron chi connectivity index (χ4n) is 2.80. The lowest BCUT2D eigenvalue weighted by molar-refractivity contribution is -0.121. The molecule has 156 valence electrons. The van der Waals surface area contributed by atoms with Crippen molar-refractivity contribution in [3.05, 3.63) is 29.8 Å². The predicted octanol–water partition coefficient (Wildman–Crippen LogP) is 0.802. The molecule has 1 aliphatic heterocycles. The van der Waals surface area contributed by atoms with Gasteiger partial charge in [-0.1, -0.05) is 19.1 Å². The maximum Gasteiger partial charge on any atom is 0.413 e. The van der Waals surface area contributed by atoms with Gasteiger partial charge in [0.2, 0.25) is 15.9 Å². The van der Waals surface area contributed by atoms with Crippen LogP contribution >= 0.6 is 0 Å². The zero-order chi connectivity index (χ0) is 20.6. The standard InChI is InChI=1S/C18H27N3O6S/c1-3-20(14-17(22)19-18(23)27-4-2)13-15-6-5-7-16(12-15)28(24,25)21-8-10-26-11-9-21/h5-7,12H,3-4,8-11,13-14H2,1-2H3,(H,19,22,23). The van der Waals surface area contributed by atoms with E-state index in [0.717, 1.165) is 5.56 Å². The van der Waals surface area contributed by atoms with Crippen molar-refractivity contribution in [1.29, 1.82) is 0 Å². The van der Waals surface area contributed by atoms with Crippen LogP contribution in [-0.2, 0) is 30.8 Å². The molecule has 1 N–H and O–H groups in total. The molecule has 1 fully saturated rings. The molecule has 1 saturated heterocycles. The van der Waals surface area contributed by atoms with E-state index in [4.69, 9.17) is 4.74 Å². The summed E-state index contributed by atoms with van der Waals surface area (Å²) in [4.78, 5) is 25.3. The first kappa shape index (κ1) is 22.3. The van der Waals surface area contributed by atoms with E-state index >= 15 is 0 Å². The molecule has 0 saturated carbocycles. The number of imide groups is 1. The quantitative estimate of drug-likeness (QED) is 0.672. The highest BCUT2D eigenvalue weighted by Crippen LogP contribution is 2.19. The van der Waals surface area contributed by atoms with Gasteiger partial charge in [0.25, 0.3) is 0 Å². The number of benzene rings is 1. The number of rotatable bonds is 8. The second-order valence-corrected chi connectivity index (χ2v) is 8.17. The number of nitrogens with zero attached hydrogens (tertiary/aromatic N) is 2. The Morgan fingerprint density at radius 3 is 2.61 bits per heavy atom. The molecule has 0 radical (unpaired) electrons. The van der Waals surface area contributed by atoms with Crippen molar-refractivity contribution in [2.75, 3.05) is 46.0 Å². The van der Waals surface area contributed by atoms with E-state index in [1.165, 1.54) is 4.31 Å². The summed E-state index contributed by atoms with van der Waals surface area (Å²) in [5, 5.41) is 2.15. The van der Waals surface area contributed by atoms with Gasteiger partial charge in [-0.25, -0.2) is 13.2 Å². The molecule has 0 aliphatic carbocycles. The number of carbonyl (C=O) groups is 2. The lowest BCUT2D eigenvalue weighted by Gasteiger charge is -2.26. The number of likely N-dealkylation sites (N-methyl/N-ethyl adjacent to an activating group) is 1. The Balaban J connectivity index is 2.03. The van der Waals surface area contributed by atoms with Crippen molar-refractivity contribution in [2.24, 2.45) is 0 Å². The minimum absolute atomic E-state index is 0.00421. The summed E-state index contributed by atoms with van der Waals surface area (Å²) in [6, 6.07) is 6.69. The van der Waals surface area contributed by atoms with Gasteiger partial charge in [0.15, 0.2) is 0 Å². The monoisotopic (exact) mass is 413 g/mol. The summed E-state index contributed by atoms with van der Waals surface area (Å²) in [6.07, 6.45) is -0.776. The number of morpholine rings is 1. The van der Waals surface area contributed by atoms with Gasteiger partial charge in [0.05, 0.1) is 31.3 Å². The molecule has 1 aromatic rings. The van der Waals surface area contributed by atoms with Gasteiger partial charge in [0, 0.05) is 19.6 Å². The Morgan fingerprint density at radius 1 is 1.25 bits per heavy atom. The maximum absolute atomic E-state index is 12.8. The van der Waals surface area contributed by atoms with Crippen LogP contribution in [0.25, 0.3) is 0 Å². The molecule has 9 nitrogen and oxygen atoms in total. The van der Waals surface area contributed by atoms with Crippen LogP contribution in [0.2, 0.25) is 0 Å². The minimum atomic E-state index is -3.58. The maximum atomic E-state index is 12.8. The van der Waals surface area contributed by atoms with Gasteiger partial charge in [-0.3, -0.25) is 15.0 Å². The van der Waals surface area contributed by atoms with E-state index in [0.29, 0.717) is 39.4 Å². The molecule has 2 rings (SSSR count). The van der Waals surface area contributed by atoms with E-state index in [1.54, 1.807) is 30.0 Å². The first-order valence-corrected chi connectivity index (χ1v) is 10.7. The predicted molar refractivity (Wildman–Crippen MR) is 102 cm³/mol. The zero-order valence-electron chi connectivity index (χ0n) is 16.2. The number of hydrogen-bond acceptors (Lipinski definition) is 7. The van der Waals surface area contributed by atoms with Crippen LogP contribution in [0.15, 0.2) is 29.2 Å². The van der Waals surface area contributed by atoms with Crippen LogP contribution in [0.1, 0.15) is 19.4 Å². The number of nitrogens with one attached hydrogen (secondary N) is 1. The van der Waals surface area contributed by atoms with Crippen LogP contribution in [0, 0.1) is 0 Å². The smallest absolute Gasteiger partial charge is 0.413 e. The van der Waals surface area contributed by atoms with Gasteiger partial charge >= 0.3 is 6.09 Å². The van der Waals surface area contributed by atoms with E-state index in [1.807, 2.05) is 13.0 Å². The topological polar surface area (TPSA) is 105 Å². The largest absolute Gasteiger partial charge is 0.450 e. The van der Waals surface area contributed by atoms with Gasteiger partial charge in [-0.05, 0) is 31.2 Å². The number of sulfonamides is 1. The van der Waals surface area contributed by atoms with Gasteiger partial charge in [-0.2, -0.15) is 4.31 Å². The highest BCUT2D eigenvalue weighted by atomic mass is 32.2. The van der Waals surface area contributed by atoms with E-state index in [9.17, 15) is 18.0 Å². The number of ether oxygens (including phenoxy) is 2. The zero-order valence-corrected chi connectivity index (χ0v) is 17.0. The first-order chi connectivity index (χ1) is 13.4. The highest BCUT2D eigenvalue weighted by molar-refractivity contribution is 7.89. The third kappa shape index (κ3) is 6.26. The molecule has 28 heavy (non-hydrogen) atoms. The van der Waals surface area contributed by atoms with Crippen LogP contribution in [0.4, 0.5) is 4.79 Å². The Kier molecular flexibility index (Phi) is 8.36. The summed E-state index contributed by atoms with van der Waals surface area (Å²) in [7, 11) is -3.58. The average molecular weight is 413 g/mol. The Labute approximate surface area is 165 Å². The van der Waals surface area contributed by atoms with E-state index in [-0.39, 0.29) is 18.0 Å². The number of hydrogen-bond donors (Lipinski definition) is 1. The van der Waals surface area contributed by atoms with E-state index in [2.05, 4.69) is 10.1 Å². The number of amides is 2. The lowest BCUT2D eigenvalue weighted by Crippen LogP contribution is -2.41. The lowest BCUT2D eigenvalue weighted by atomic mass is 10.2. The van der Waals surface area contributed by atoms with Crippen molar-refractivity contribution < 1.29 is 27.5 Å². The normalized spacial score (nSPS) is 15.4. The molecule has 1 aliphatic rings. The third-order valence-corrected chi connectivity index (χ3v) is 6.14. The third-order valence-electron chi connectivity index (χ3n) is 4.24. The van der Waals surface area contributed by atoms with Crippen LogP contribution < -0.4 is 5.32 Å². The van der Waals surface area contributed by atoms with E-state index < -0.39 is 22.0 Å². The summed E-state index contributed by atoms with van der Waals surface area (Å²) in [5.74, 6) is -0.475. The molecule has 0 aromatic heterocycles. The van der Waals surface area contributed by atoms with Crippen molar-refractivity contribution in [3.63, 3.8) is 0 Å². The van der Waals surface area contributed by atoms with Crippen molar-refractivity contribution in [1.82, 2.24) is 14.5 Å². The summed E-state index contributed by atoms with van der Waals surface area (Å²) in [6.45, 7) is 6.08. The van der Waals surface area contributed by atoms with Crippen molar-refractivity contribution in [2.45, 2.75) is 25.3 Å². The second kappa shape index (κ2) is 10.5.